The summed E-state index contributed by atoms with van der Waals surface area (Å²) in [7, 11) is 0. The van der Waals surface area contributed by atoms with Crippen molar-refractivity contribution in [2.24, 2.45) is 0 Å². The first-order valence-corrected chi connectivity index (χ1v) is 40.7. The lowest BCUT2D eigenvalue weighted by atomic mass is 9.70. The summed E-state index contributed by atoms with van der Waals surface area (Å²) in [6, 6.07) is 90.5. The Morgan fingerprint density at radius 3 is 1.34 bits per heavy atom. The minimum Gasteiger partial charge on any atom is -0.456 e. The molecule has 3 aromatic heterocycles. The van der Waals surface area contributed by atoms with Crippen LogP contribution in [0.5, 0.6) is 0 Å². The molecule has 0 spiro atoms. The summed E-state index contributed by atoms with van der Waals surface area (Å²) in [5, 5.41) is 6.87. The van der Waals surface area contributed by atoms with Gasteiger partial charge in [-0.25, -0.2) is 0 Å². The third kappa shape index (κ3) is 9.36. The maximum absolute atomic E-state index is 7.27. The standard InChI is InChI=1S/C105H93NO3/c1-11-13-15-17-29-53-105(54-30-18-16-14-12-2)81-37-25-19-31-68(81)71-48-42-63(56-86(71)105)62-41-47-69-70-49-43-64(57-83(70)101(3,4)82(69)55-62)78-61-87-92(94-76-34-22-27-39-89(76)108-99(78)94)74-50-44-66(59-84(74)102(87,5)6)106(65-46-52-91-79(58-65)72-32-21-26-38-88(72)107-91)67-45-51-75-85(60-67)104(9,10)97-93(75)95-77-35-23-28-40-90(77)109-100(95)96-73-33-20-24-36-80(73)103(7,8)98(96)97/h19-28,31-52,55-61H,11-18,29-30,53-54H2,1-10H3. The first-order chi connectivity index (χ1) is 53.0. The molecule has 16 aromatic rings. The second kappa shape index (κ2) is 24.0. The van der Waals surface area contributed by atoms with Crippen LogP contribution in [-0.4, -0.2) is 0 Å². The van der Waals surface area contributed by atoms with Gasteiger partial charge in [-0.15, -0.1) is 0 Å². The maximum Gasteiger partial charge on any atom is 0.144 e. The van der Waals surface area contributed by atoms with Crippen molar-refractivity contribution in [1.82, 2.24) is 0 Å². The molecule has 0 fully saturated rings. The molecule has 4 nitrogen and oxygen atoms in total. The summed E-state index contributed by atoms with van der Waals surface area (Å²) in [4.78, 5) is 2.51. The average molecular weight is 1420 g/mol. The van der Waals surface area contributed by atoms with Crippen LogP contribution in [0.25, 0.3) is 144 Å². The average Bonchev–Trinajstić information content (AvgIpc) is 1.50. The van der Waals surface area contributed by atoms with Crippen molar-refractivity contribution in [2.45, 2.75) is 173 Å². The molecular weight excluding hydrogens is 1320 g/mol. The minimum absolute atomic E-state index is 0.0251. The number of benzene rings is 13. The first kappa shape index (κ1) is 66.3. The fourth-order valence-corrected chi connectivity index (χ4v) is 21.8. The Morgan fingerprint density at radius 1 is 0.266 bits per heavy atom. The molecule has 0 N–H and O–H groups in total. The maximum atomic E-state index is 7.27. The van der Waals surface area contributed by atoms with Gasteiger partial charge in [0, 0.05) is 87.6 Å². The zero-order valence-electron chi connectivity index (χ0n) is 64.7. The Kier molecular flexibility index (Phi) is 14.6. The number of para-hydroxylation sites is 3. The van der Waals surface area contributed by atoms with Crippen molar-refractivity contribution in [2.75, 3.05) is 4.90 Å². The van der Waals surface area contributed by atoms with Crippen LogP contribution in [0.1, 0.15) is 202 Å². The van der Waals surface area contributed by atoms with Crippen molar-refractivity contribution in [3.8, 4) is 77.9 Å². The molecule has 3 heterocycles. The van der Waals surface area contributed by atoms with Gasteiger partial charge in [-0.1, -0.05) is 285 Å². The topological polar surface area (TPSA) is 42.7 Å². The van der Waals surface area contributed by atoms with E-state index in [-0.39, 0.29) is 16.2 Å². The van der Waals surface area contributed by atoms with E-state index in [9.17, 15) is 0 Å². The molecule has 4 heteroatoms. The zero-order valence-corrected chi connectivity index (χ0v) is 64.7. The fraction of sp³-hybridized carbons (Fsp3) is 0.257. The Labute approximate surface area is 640 Å². The molecule has 0 atom stereocenters. The molecule has 5 aliphatic rings. The lowest BCUT2D eigenvalue weighted by Gasteiger charge is -2.33. The highest BCUT2D eigenvalue weighted by Gasteiger charge is 2.50. The lowest BCUT2D eigenvalue weighted by molar-refractivity contribution is 0.399. The molecular formula is C105H93NO3. The van der Waals surface area contributed by atoms with Crippen LogP contribution >= 0.6 is 0 Å². The molecule has 0 unspecified atom stereocenters. The molecule has 13 aromatic carbocycles. The number of furan rings is 3. The molecule has 0 saturated heterocycles. The van der Waals surface area contributed by atoms with E-state index in [0.717, 1.165) is 77.7 Å². The van der Waals surface area contributed by atoms with Gasteiger partial charge in [0.1, 0.15) is 33.5 Å². The summed E-state index contributed by atoms with van der Waals surface area (Å²) in [5.41, 5.74) is 39.3. The molecule has 21 rings (SSSR count). The largest absolute Gasteiger partial charge is 0.456 e. The summed E-state index contributed by atoms with van der Waals surface area (Å²) >= 11 is 0. The number of fused-ring (bicyclic) bond motifs is 28. The van der Waals surface area contributed by atoms with Gasteiger partial charge in [0.25, 0.3) is 0 Å². The summed E-state index contributed by atoms with van der Waals surface area (Å²) < 4.78 is 20.9. The predicted molar refractivity (Wildman–Crippen MR) is 457 cm³/mol. The van der Waals surface area contributed by atoms with Gasteiger partial charge in [0.2, 0.25) is 0 Å². The lowest BCUT2D eigenvalue weighted by Crippen LogP contribution is -2.25. The molecule has 0 amide bonds. The monoisotopic (exact) mass is 1420 g/mol. The number of unbranched alkanes of at least 4 members (excludes halogenated alkanes) is 8. The summed E-state index contributed by atoms with van der Waals surface area (Å²) in [5.74, 6) is 0. The quantitative estimate of drug-likeness (QED) is 0.0852. The van der Waals surface area contributed by atoms with Crippen molar-refractivity contribution in [3.63, 3.8) is 0 Å². The van der Waals surface area contributed by atoms with Gasteiger partial charge >= 0.3 is 0 Å². The van der Waals surface area contributed by atoms with E-state index in [0.29, 0.717) is 0 Å². The molecule has 0 bridgehead atoms. The number of hydrogen-bond acceptors (Lipinski definition) is 4. The van der Waals surface area contributed by atoms with Gasteiger partial charge in [-0.3, -0.25) is 0 Å². The molecule has 0 saturated carbocycles. The number of anilines is 3. The van der Waals surface area contributed by atoms with E-state index in [2.05, 4.69) is 311 Å². The van der Waals surface area contributed by atoms with Crippen LogP contribution in [-0.2, 0) is 27.1 Å². The number of hydrogen-bond donors (Lipinski definition) is 0. The van der Waals surface area contributed by atoms with Gasteiger partial charge < -0.3 is 18.2 Å². The third-order valence-electron chi connectivity index (χ3n) is 27.3. The Morgan fingerprint density at radius 2 is 0.688 bits per heavy atom. The van der Waals surface area contributed by atoms with E-state index in [1.54, 1.807) is 11.1 Å². The fourth-order valence-electron chi connectivity index (χ4n) is 21.8. The number of nitrogens with zero attached hydrogens (tertiary/aromatic N) is 1. The minimum atomic E-state index is -0.421. The van der Waals surface area contributed by atoms with Gasteiger partial charge in [-0.05, 0) is 220 Å². The SMILES string of the molecule is CCCCCCCC1(CCCCCCC)c2ccccc2-c2ccc(-c3ccc4c(c3)C(C)(C)c3cc(-c5cc6c(c7c5oc5ccccc57)-c5ccc(N(c7ccc8c(c7)C(C)(C)c7c9c(c%10oc%11ccccc%11c%10c7-8)-c7ccccc7C9(C)C)c7ccc8oc9ccccc9c8c7)cc5C6(C)C)ccc3-4)cc21. The van der Waals surface area contributed by atoms with Crippen LogP contribution in [0.2, 0.25) is 0 Å². The Balaban J connectivity index is 0.676. The highest BCUT2D eigenvalue weighted by atomic mass is 16.3. The highest BCUT2D eigenvalue weighted by molar-refractivity contribution is 6.22. The number of rotatable bonds is 17. The molecule has 5 aliphatic carbocycles. The highest BCUT2D eigenvalue weighted by Crippen LogP contribution is 2.65. The molecule has 0 aliphatic heterocycles. The third-order valence-corrected chi connectivity index (χ3v) is 27.3. The van der Waals surface area contributed by atoms with Crippen molar-refractivity contribution < 1.29 is 13.3 Å². The molecule has 536 valence electrons. The summed E-state index contributed by atoms with van der Waals surface area (Å²) in [6.07, 6.45) is 15.4. The van der Waals surface area contributed by atoms with Crippen molar-refractivity contribution in [1.29, 1.82) is 0 Å². The normalized spacial score (nSPS) is 15.7. The summed E-state index contributed by atoms with van der Waals surface area (Å²) in [6.45, 7) is 24.2. The van der Waals surface area contributed by atoms with Crippen LogP contribution in [0.4, 0.5) is 17.1 Å². The van der Waals surface area contributed by atoms with E-state index < -0.39 is 10.8 Å². The predicted octanol–water partition coefficient (Wildman–Crippen LogP) is 30.4. The van der Waals surface area contributed by atoms with E-state index in [1.807, 2.05) is 0 Å². The van der Waals surface area contributed by atoms with Crippen LogP contribution < -0.4 is 4.90 Å². The first-order valence-electron chi connectivity index (χ1n) is 40.7. The van der Waals surface area contributed by atoms with E-state index in [1.165, 1.54) is 205 Å². The molecule has 109 heavy (non-hydrogen) atoms. The van der Waals surface area contributed by atoms with E-state index >= 15 is 0 Å². The van der Waals surface area contributed by atoms with Crippen molar-refractivity contribution in [3.05, 3.63) is 292 Å². The second-order valence-electron chi connectivity index (χ2n) is 34.8. The van der Waals surface area contributed by atoms with Gasteiger partial charge in [-0.2, -0.15) is 0 Å². The smallest absolute Gasteiger partial charge is 0.144 e. The zero-order chi connectivity index (χ0) is 73.8. The van der Waals surface area contributed by atoms with Crippen LogP contribution in [0.3, 0.4) is 0 Å². The second-order valence-corrected chi connectivity index (χ2v) is 34.8. The van der Waals surface area contributed by atoms with Gasteiger partial charge in [0.05, 0.1) is 0 Å². The van der Waals surface area contributed by atoms with Gasteiger partial charge in [0.15, 0.2) is 0 Å². The van der Waals surface area contributed by atoms with Crippen molar-refractivity contribution >= 4 is 82.9 Å². The Hall–Kier alpha value is -10.9. The molecule has 0 radical (unpaired) electrons. The van der Waals surface area contributed by atoms with E-state index in [4.69, 9.17) is 13.3 Å². The Bertz CT molecular complexity index is 6530. The van der Waals surface area contributed by atoms with Crippen LogP contribution in [0, 0.1) is 0 Å². The van der Waals surface area contributed by atoms with Crippen LogP contribution in [0.15, 0.2) is 250 Å².